The minimum atomic E-state index is -0.895. The molecule has 0 spiro atoms. The predicted molar refractivity (Wildman–Crippen MR) is 69.5 cm³/mol. The minimum absolute atomic E-state index is 0.264. The van der Waals surface area contributed by atoms with Gasteiger partial charge in [0.05, 0.1) is 16.9 Å². The summed E-state index contributed by atoms with van der Waals surface area (Å²) in [4.78, 5) is 0. The van der Waals surface area contributed by atoms with Crippen LogP contribution in [-0.2, 0) is 7.05 Å². The van der Waals surface area contributed by atoms with Gasteiger partial charge in [0.1, 0.15) is 12.7 Å². The second-order valence-electron chi connectivity index (χ2n) is 4.36. The van der Waals surface area contributed by atoms with Gasteiger partial charge < -0.3 is 14.6 Å². The van der Waals surface area contributed by atoms with E-state index in [1.165, 1.54) is 10.9 Å². The molecular weight excluding hydrogens is 268 g/mol. The fourth-order valence-corrected chi connectivity index (χ4v) is 2.40. The Labute approximate surface area is 115 Å². The van der Waals surface area contributed by atoms with Gasteiger partial charge in [0.2, 0.25) is 0 Å². The Morgan fingerprint density at radius 2 is 2.16 bits per heavy atom. The standard InChI is InChI=1S/C13H13ClN2O3/c1-16-12(8(14)6-15-16)13(17)11-7-18-9-4-2-3-5-10(9)19-11/h2-6,11,13,17H,7H2,1H3. The number of ether oxygens (including phenoxy) is 2. The van der Waals surface area contributed by atoms with E-state index in [9.17, 15) is 5.11 Å². The van der Waals surface area contributed by atoms with Crippen molar-refractivity contribution in [2.24, 2.45) is 7.05 Å². The van der Waals surface area contributed by atoms with Crippen LogP contribution in [0.25, 0.3) is 0 Å². The normalized spacial score (nSPS) is 19.2. The van der Waals surface area contributed by atoms with E-state index in [1.54, 1.807) is 13.1 Å². The summed E-state index contributed by atoms with van der Waals surface area (Å²) in [5.41, 5.74) is 0.523. The zero-order valence-electron chi connectivity index (χ0n) is 10.3. The number of para-hydroxylation sites is 2. The van der Waals surface area contributed by atoms with E-state index in [-0.39, 0.29) is 6.61 Å². The molecule has 6 heteroatoms. The summed E-state index contributed by atoms with van der Waals surface area (Å²) in [7, 11) is 1.72. The lowest BCUT2D eigenvalue weighted by Gasteiger charge is -2.29. The molecule has 1 aromatic heterocycles. The van der Waals surface area contributed by atoms with Crippen LogP contribution in [0.2, 0.25) is 5.02 Å². The molecule has 2 heterocycles. The molecule has 0 amide bonds. The number of halogens is 1. The van der Waals surface area contributed by atoms with Crippen LogP contribution in [-0.4, -0.2) is 27.6 Å². The molecular formula is C13H13ClN2O3. The number of aryl methyl sites for hydroxylation is 1. The summed E-state index contributed by atoms with van der Waals surface area (Å²) in [6, 6.07) is 7.36. The maximum Gasteiger partial charge on any atom is 0.164 e. The molecule has 1 aromatic carbocycles. The van der Waals surface area contributed by atoms with Crippen LogP contribution < -0.4 is 9.47 Å². The largest absolute Gasteiger partial charge is 0.486 e. The average molecular weight is 281 g/mol. The van der Waals surface area contributed by atoms with E-state index >= 15 is 0 Å². The molecule has 1 aliphatic rings. The SMILES string of the molecule is Cn1ncc(Cl)c1C(O)C1COc2ccccc2O1. The van der Waals surface area contributed by atoms with Crippen molar-refractivity contribution in [3.63, 3.8) is 0 Å². The van der Waals surface area contributed by atoms with E-state index < -0.39 is 12.2 Å². The number of hydrogen-bond acceptors (Lipinski definition) is 4. The highest BCUT2D eigenvalue weighted by atomic mass is 35.5. The summed E-state index contributed by atoms with van der Waals surface area (Å²) in [6.45, 7) is 0.264. The van der Waals surface area contributed by atoms with E-state index in [4.69, 9.17) is 21.1 Å². The van der Waals surface area contributed by atoms with Crippen LogP contribution in [0.4, 0.5) is 0 Å². The molecule has 5 nitrogen and oxygen atoms in total. The van der Waals surface area contributed by atoms with Gasteiger partial charge in [-0.1, -0.05) is 23.7 Å². The topological polar surface area (TPSA) is 56.5 Å². The van der Waals surface area contributed by atoms with Crippen LogP contribution in [0.1, 0.15) is 11.8 Å². The highest BCUT2D eigenvalue weighted by Crippen LogP contribution is 2.35. The Balaban J connectivity index is 1.85. The maximum atomic E-state index is 10.4. The molecule has 0 saturated carbocycles. The van der Waals surface area contributed by atoms with Crippen LogP contribution in [0.15, 0.2) is 30.5 Å². The molecule has 0 radical (unpaired) electrons. The summed E-state index contributed by atoms with van der Waals surface area (Å²) < 4.78 is 12.9. The van der Waals surface area contributed by atoms with Gasteiger partial charge in [0.15, 0.2) is 17.6 Å². The van der Waals surface area contributed by atoms with Crippen molar-refractivity contribution in [2.75, 3.05) is 6.61 Å². The summed E-state index contributed by atoms with van der Waals surface area (Å²) in [6.07, 6.45) is 0.0914. The van der Waals surface area contributed by atoms with Gasteiger partial charge in [-0.25, -0.2) is 0 Å². The molecule has 1 aliphatic heterocycles. The zero-order valence-corrected chi connectivity index (χ0v) is 11.0. The van der Waals surface area contributed by atoms with Crippen LogP contribution in [0.3, 0.4) is 0 Å². The van der Waals surface area contributed by atoms with Gasteiger partial charge in [-0.2, -0.15) is 5.10 Å². The molecule has 2 atom stereocenters. The lowest BCUT2D eigenvalue weighted by molar-refractivity contribution is -0.0148. The van der Waals surface area contributed by atoms with Gasteiger partial charge in [-0.15, -0.1) is 0 Å². The number of rotatable bonds is 2. The number of aliphatic hydroxyl groups is 1. The van der Waals surface area contributed by atoms with Crippen molar-refractivity contribution in [1.82, 2.24) is 9.78 Å². The maximum absolute atomic E-state index is 10.4. The van der Waals surface area contributed by atoms with Gasteiger partial charge in [0.25, 0.3) is 0 Å². The molecule has 0 aliphatic carbocycles. The van der Waals surface area contributed by atoms with Gasteiger partial charge in [-0.05, 0) is 12.1 Å². The Kier molecular flexibility index (Phi) is 3.08. The summed E-state index contributed by atoms with van der Waals surface area (Å²) in [5, 5.41) is 14.8. The molecule has 1 N–H and O–H groups in total. The van der Waals surface area contributed by atoms with Crippen molar-refractivity contribution < 1.29 is 14.6 Å². The number of benzene rings is 1. The smallest absolute Gasteiger partial charge is 0.164 e. The van der Waals surface area contributed by atoms with E-state index in [0.29, 0.717) is 22.2 Å². The number of aromatic nitrogens is 2. The van der Waals surface area contributed by atoms with Crippen LogP contribution >= 0.6 is 11.6 Å². The van der Waals surface area contributed by atoms with Crippen molar-refractivity contribution in [2.45, 2.75) is 12.2 Å². The lowest BCUT2D eigenvalue weighted by Crippen LogP contribution is -2.35. The molecule has 0 fully saturated rings. The highest BCUT2D eigenvalue weighted by molar-refractivity contribution is 6.31. The third kappa shape index (κ3) is 2.15. The first kappa shape index (κ1) is 12.3. The van der Waals surface area contributed by atoms with Crippen molar-refractivity contribution in [3.8, 4) is 11.5 Å². The number of nitrogens with zero attached hydrogens (tertiary/aromatic N) is 2. The highest BCUT2D eigenvalue weighted by Gasteiger charge is 2.31. The van der Waals surface area contributed by atoms with Crippen LogP contribution in [0, 0.1) is 0 Å². The fourth-order valence-electron chi connectivity index (χ4n) is 2.12. The Bertz CT molecular complexity index is 580. The second-order valence-corrected chi connectivity index (χ2v) is 4.77. The third-order valence-corrected chi connectivity index (χ3v) is 3.39. The number of hydrogen-bond donors (Lipinski definition) is 1. The Hall–Kier alpha value is -1.72. The molecule has 3 rings (SSSR count). The van der Waals surface area contributed by atoms with Gasteiger partial charge in [-0.3, -0.25) is 4.68 Å². The summed E-state index contributed by atoms with van der Waals surface area (Å²) in [5.74, 6) is 1.30. The molecule has 2 aromatic rings. The average Bonchev–Trinajstić information content (AvgIpc) is 2.77. The van der Waals surface area contributed by atoms with E-state index in [2.05, 4.69) is 5.10 Å². The van der Waals surface area contributed by atoms with E-state index in [1.807, 2.05) is 18.2 Å². The molecule has 100 valence electrons. The summed E-state index contributed by atoms with van der Waals surface area (Å²) >= 11 is 6.02. The number of aliphatic hydroxyl groups excluding tert-OH is 1. The van der Waals surface area contributed by atoms with Crippen molar-refractivity contribution in [1.29, 1.82) is 0 Å². The molecule has 0 saturated heterocycles. The van der Waals surface area contributed by atoms with Crippen molar-refractivity contribution >= 4 is 11.6 Å². The van der Waals surface area contributed by atoms with Gasteiger partial charge in [0, 0.05) is 7.05 Å². The zero-order chi connectivity index (χ0) is 13.4. The quantitative estimate of drug-likeness (QED) is 0.913. The van der Waals surface area contributed by atoms with Crippen molar-refractivity contribution in [3.05, 3.63) is 41.2 Å². The Morgan fingerprint density at radius 1 is 1.42 bits per heavy atom. The van der Waals surface area contributed by atoms with Gasteiger partial charge >= 0.3 is 0 Å². The molecule has 0 bridgehead atoms. The first-order valence-electron chi connectivity index (χ1n) is 5.91. The van der Waals surface area contributed by atoms with E-state index in [0.717, 1.165) is 0 Å². The third-order valence-electron chi connectivity index (χ3n) is 3.10. The molecule has 19 heavy (non-hydrogen) atoms. The first-order chi connectivity index (χ1) is 9.16. The number of fused-ring (bicyclic) bond motifs is 1. The lowest BCUT2D eigenvalue weighted by atomic mass is 10.1. The monoisotopic (exact) mass is 280 g/mol. The first-order valence-corrected chi connectivity index (χ1v) is 6.28. The Morgan fingerprint density at radius 3 is 2.84 bits per heavy atom. The fraction of sp³-hybridized carbons (Fsp3) is 0.308. The second kappa shape index (κ2) is 4.75. The molecule has 2 unspecified atom stereocenters. The minimum Gasteiger partial charge on any atom is -0.486 e. The predicted octanol–water partition coefficient (Wildman–Crippen LogP) is 1.95. The van der Waals surface area contributed by atoms with Crippen LogP contribution in [0.5, 0.6) is 11.5 Å².